The van der Waals surface area contributed by atoms with Gasteiger partial charge in [0.05, 0.1) is 5.69 Å². The Labute approximate surface area is 178 Å². The summed E-state index contributed by atoms with van der Waals surface area (Å²) in [6.07, 6.45) is 3.25. The van der Waals surface area contributed by atoms with Gasteiger partial charge in [-0.1, -0.05) is 44.2 Å². The summed E-state index contributed by atoms with van der Waals surface area (Å²) in [4.78, 5) is 18.2. The van der Waals surface area contributed by atoms with Crippen LogP contribution in [0.2, 0.25) is 0 Å². The average Bonchev–Trinajstić information content (AvgIpc) is 2.77. The summed E-state index contributed by atoms with van der Waals surface area (Å²) in [5.74, 6) is -0.144. The highest BCUT2D eigenvalue weighted by Crippen LogP contribution is 2.36. The standard InChI is InChI=1S/C25H30FN3O/c1-4-18(5-2)25(30)28-21-11-12-23(22(26)17-21)29-15-13-20(14-16-29)24(27-3)19-9-7-6-8-10-19/h6-12,17-18,20,24H,4-5,13-16H2,1-2H3,(H,28,30). The highest BCUT2D eigenvalue weighted by molar-refractivity contribution is 5.92. The predicted molar refractivity (Wildman–Crippen MR) is 120 cm³/mol. The van der Waals surface area contributed by atoms with Crippen molar-refractivity contribution in [2.75, 3.05) is 23.3 Å². The molecule has 1 aliphatic rings. The Morgan fingerprint density at radius 2 is 1.83 bits per heavy atom. The van der Waals surface area contributed by atoms with Crippen LogP contribution in [-0.2, 0) is 4.79 Å². The molecule has 1 aliphatic heterocycles. The lowest BCUT2D eigenvalue weighted by Crippen LogP contribution is -2.35. The molecule has 0 aromatic heterocycles. The van der Waals surface area contributed by atoms with Gasteiger partial charge in [-0.25, -0.2) is 11.0 Å². The molecule has 0 radical (unpaired) electrons. The minimum absolute atomic E-state index is 0.0493. The van der Waals surface area contributed by atoms with Crippen molar-refractivity contribution < 1.29 is 9.18 Å². The first-order chi connectivity index (χ1) is 14.6. The summed E-state index contributed by atoms with van der Waals surface area (Å²) in [7, 11) is 0. The van der Waals surface area contributed by atoms with Crippen molar-refractivity contribution >= 4 is 17.3 Å². The summed E-state index contributed by atoms with van der Waals surface area (Å²) in [5.41, 5.74) is 2.13. The van der Waals surface area contributed by atoms with E-state index in [4.69, 9.17) is 6.57 Å². The summed E-state index contributed by atoms with van der Waals surface area (Å²) < 4.78 is 14.8. The van der Waals surface area contributed by atoms with E-state index in [-0.39, 0.29) is 29.6 Å². The van der Waals surface area contributed by atoms with Crippen LogP contribution in [-0.4, -0.2) is 19.0 Å². The number of carbonyl (C=O) groups excluding carboxylic acids is 1. The van der Waals surface area contributed by atoms with E-state index in [2.05, 4.69) is 10.2 Å². The number of benzene rings is 2. The van der Waals surface area contributed by atoms with E-state index >= 15 is 0 Å². The van der Waals surface area contributed by atoms with Gasteiger partial charge in [-0.05, 0) is 43.9 Å². The van der Waals surface area contributed by atoms with Crippen molar-refractivity contribution in [2.24, 2.45) is 11.8 Å². The maximum absolute atomic E-state index is 14.8. The third-order valence-corrected chi connectivity index (χ3v) is 6.18. The SMILES string of the molecule is [C-]#[N+]C(c1ccccc1)C1CCN(c2ccc(NC(=O)C(CC)CC)cc2F)CC1. The maximum atomic E-state index is 14.8. The monoisotopic (exact) mass is 407 g/mol. The predicted octanol–water partition coefficient (Wildman–Crippen LogP) is 6.08. The molecule has 0 saturated carbocycles. The van der Waals surface area contributed by atoms with Crippen LogP contribution in [0.5, 0.6) is 0 Å². The van der Waals surface area contributed by atoms with Crippen LogP contribution in [0.25, 0.3) is 4.85 Å². The minimum atomic E-state index is -0.319. The highest BCUT2D eigenvalue weighted by Gasteiger charge is 2.32. The molecule has 2 aromatic rings. The highest BCUT2D eigenvalue weighted by atomic mass is 19.1. The fraction of sp³-hybridized carbons (Fsp3) is 0.440. The van der Waals surface area contributed by atoms with E-state index in [1.165, 1.54) is 6.07 Å². The summed E-state index contributed by atoms with van der Waals surface area (Å²) in [6.45, 7) is 13.0. The molecular formula is C25H30FN3O. The number of piperidine rings is 1. The fourth-order valence-electron chi connectivity index (χ4n) is 4.30. The van der Waals surface area contributed by atoms with Crippen molar-refractivity contribution in [2.45, 2.75) is 45.6 Å². The zero-order valence-electron chi connectivity index (χ0n) is 17.8. The number of hydrogen-bond donors (Lipinski definition) is 1. The van der Waals surface area contributed by atoms with Gasteiger partial charge in [0.15, 0.2) is 0 Å². The molecule has 1 N–H and O–H groups in total. The van der Waals surface area contributed by atoms with Crippen molar-refractivity contribution in [3.05, 3.63) is 71.3 Å². The van der Waals surface area contributed by atoms with E-state index in [0.717, 1.165) is 44.3 Å². The van der Waals surface area contributed by atoms with Gasteiger partial charge >= 0.3 is 0 Å². The molecule has 0 spiro atoms. The molecule has 4 nitrogen and oxygen atoms in total. The first-order valence-electron chi connectivity index (χ1n) is 10.8. The maximum Gasteiger partial charge on any atom is 0.251 e. The molecule has 3 rings (SSSR count). The Morgan fingerprint density at radius 1 is 1.17 bits per heavy atom. The topological polar surface area (TPSA) is 36.7 Å². The van der Waals surface area contributed by atoms with Gasteiger partial charge < -0.3 is 15.1 Å². The molecule has 1 fully saturated rings. The van der Waals surface area contributed by atoms with Gasteiger partial charge in [0.25, 0.3) is 6.04 Å². The number of anilines is 2. The second kappa shape index (κ2) is 10.2. The molecule has 0 bridgehead atoms. The van der Waals surface area contributed by atoms with Crippen LogP contribution < -0.4 is 10.2 Å². The summed E-state index contributed by atoms with van der Waals surface area (Å²) in [6, 6.07) is 14.7. The molecule has 1 saturated heterocycles. The van der Waals surface area contributed by atoms with E-state index < -0.39 is 0 Å². The largest absolute Gasteiger partial charge is 0.369 e. The Morgan fingerprint density at radius 3 is 2.40 bits per heavy atom. The summed E-state index contributed by atoms with van der Waals surface area (Å²) >= 11 is 0. The zero-order chi connectivity index (χ0) is 21.5. The van der Waals surface area contributed by atoms with Gasteiger partial charge in [-0.2, -0.15) is 0 Å². The average molecular weight is 408 g/mol. The minimum Gasteiger partial charge on any atom is -0.369 e. The molecule has 2 aromatic carbocycles. The van der Waals surface area contributed by atoms with Gasteiger partial charge in [-0.15, -0.1) is 0 Å². The number of nitrogens with zero attached hydrogens (tertiary/aromatic N) is 2. The second-order valence-corrected chi connectivity index (χ2v) is 7.98. The van der Waals surface area contributed by atoms with Gasteiger partial charge in [0.1, 0.15) is 5.82 Å². The number of hydrogen-bond acceptors (Lipinski definition) is 2. The van der Waals surface area contributed by atoms with E-state index in [9.17, 15) is 9.18 Å². The Balaban J connectivity index is 1.63. The molecule has 1 unspecified atom stereocenters. The smallest absolute Gasteiger partial charge is 0.251 e. The lowest BCUT2D eigenvalue weighted by Gasteiger charge is -2.34. The van der Waals surface area contributed by atoms with Crippen molar-refractivity contribution in [1.29, 1.82) is 0 Å². The van der Waals surface area contributed by atoms with Crippen molar-refractivity contribution in [3.8, 4) is 0 Å². The molecule has 1 atom stereocenters. The fourth-order valence-corrected chi connectivity index (χ4v) is 4.30. The Bertz CT molecular complexity index is 881. The van der Waals surface area contributed by atoms with E-state index in [1.807, 2.05) is 49.1 Å². The summed E-state index contributed by atoms with van der Waals surface area (Å²) in [5, 5.41) is 2.83. The van der Waals surface area contributed by atoms with Crippen LogP contribution in [0.1, 0.15) is 51.1 Å². The molecule has 0 aliphatic carbocycles. The number of nitrogens with one attached hydrogen (secondary N) is 1. The van der Waals surface area contributed by atoms with E-state index in [0.29, 0.717) is 11.4 Å². The third kappa shape index (κ3) is 4.99. The van der Waals surface area contributed by atoms with Crippen LogP contribution in [0.3, 0.4) is 0 Å². The molecule has 5 heteroatoms. The normalized spacial score (nSPS) is 15.6. The molecule has 1 amide bonds. The lowest BCUT2D eigenvalue weighted by atomic mass is 9.85. The number of halogens is 1. The number of carbonyl (C=O) groups is 1. The van der Waals surface area contributed by atoms with Crippen molar-refractivity contribution in [3.63, 3.8) is 0 Å². The third-order valence-electron chi connectivity index (χ3n) is 6.18. The van der Waals surface area contributed by atoms with E-state index in [1.54, 1.807) is 12.1 Å². The Hall–Kier alpha value is -2.87. The van der Waals surface area contributed by atoms with Gasteiger partial charge in [0.2, 0.25) is 5.91 Å². The van der Waals surface area contributed by atoms with Crippen LogP contribution in [0, 0.1) is 24.2 Å². The molecular weight excluding hydrogens is 377 g/mol. The van der Waals surface area contributed by atoms with Crippen LogP contribution in [0.15, 0.2) is 48.5 Å². The quantitative estimate of drug-likeness (QED) is 0.565. The van der Waals surface area contributed by atoms with Gasteiger partial charge in [-0.3, -0.25) is 4.79 Å². The molecule has 158 valence electrons. The first kappa shape index (κ1) is 21.8. The first-order valence-corrected chi connectivity index (χ1v) is 10.8. The molecule has 1 heterocycles. The second-order valence-electron chi connectivity index (χ2n) is 7.98. The number of rotatable bonds is 7. The lowest BCUT2D eigenvalue weighted by molar-refractivity contribution is -0.120. The van der Waals surface area contributed by atoms with Crippen molar-refractivity contribution in [1.82, 2.24) is 0 Å². The van der Waals surface area contributed by atoms with Crippen LogP contribution >= 0.6 is 0 Å². The molecule has 30 heavy (non-hydrogen) atoms. The number of amides is 1. The Kier molecular flexibility index (Phi) is 7.46. The van der Waals surface area contributed by atoms with Gasteiger partial charge in [0, 0.05) is 36.2 Å². The zero-order valence-corrected chi connectivity index (χ0v) is 17.8. The van der Waals surface area contributed by atoms with Crippen LogP contribution in [0.4, 0.5) is 15.8 Å².